The lowest BCUT2D eigenvalue weighted by atomic mass is 10.1. The highest BCUT2D eigenvalue weighted by Gasteiger charge is 2.31. The molecule has 0 spiro atoms. The Balaban J connectivity index is 2.51. The number of carboxylic acid groups (broad SMARTS) is 1. The lowest BCUT2D eigenvalue weighted by Crippen LogP contribution is -2.11. The third kappa shape index (κ3) is 3.52. The van der Waals surface area contributed by atoms with Crippen molar-refractivity contribution in [1.82, 2.24) is 4.98 Å². The Kier molecular flexibility index (Phi) is 4.17. The number of anilines is 1. The molecule has 2 aromatic rings. The molecule has 0 bridgehead atoms. The topological polar surface area (TPSA) is 62.2 Å². The number of amides is 1. The Bertz CT molecular complexity index is 668. The highest BCUT2D eigenvalue weighted by molar-refractivity contribution is 7.13. The van der Waals surface area contributed by atoms with Gasteiger partial charge in [0.05, 0.1) is 16.9 Å². The minimum Gasteiger partial charge on any atom is -0.465 e. The van der Waals surface area contributed by atoms with Gasteiger partial charge in [-0.2, -0.15) is 13.2 Å². The number of aryl methyl sites for hydroxylation is 1. The van der Waals surface area contributed by atoms with E-state index < -0.39 is 17.8 Å². The van der Waals surface area contributed by atoms with Gasteiger partial charge in [0.25, 0.3) is 0 Å². The van der Waals surface area contributed by atoms with Crippen molar-refractivity contribution in [1.29, 1.82) is 0 Å². The van der Waals surface area contributed by atoms with Gasteiger partial charge in [-0.25, -0.2) is 9.78 Å². The van der Waals surface area contributed by atoms with Gasteiger partial charge in [-0.15, -0.1) is 11.3 Å². The number of benzene rings is 1. The van der Waals surface area contributed by atoms with Crippen LogP contribution in [-0.2, 0) is 12.6 Å². The minimum atomic E-state index is -4.54. The standard InChI is InChI=1S/C13H11F3N2O2S/c1-2-8-6-21-11(17-8)9-4-3-7(13(14,15)16)5-10(9)18-12(19)20/h3-6,18H,2H2,1H3,(H,19,20). The van der Waals surface area contributed by atoms with Crippen LogP contribution in [0.3, 0.4) is 0 Å². The Labute approximate surface area is 122 Å². The maximum atomic E-state index is 12.7. The number of halogens is 3. The molecule has 1 aromatic heterocycles. The second-order valence-corrected chi connectivity index (χ2v) is 5.04. The number of rotatable bonds is 3. The number of carbonyl (C=O) groups is 1. The van der Waals surface area contributed by atoms with E-state index in [4.69, 9.17) is 5.11 Å². The molecule has 0 atom stereocenters. The molecule has 0 fully saturated rings. The van der Waals surface area contributed by atoms with E-state index in [0.717, 1.165) is 17.8 Å². The van der Waals surface area contributed by atoms with E-state index in [1.165, 1.54) is 17.4 Å². The smallest absolute Gasteiger partial charge is 0.416 e. The molecule has 1 aromatic carbocycles. The number of hydrogen-bond acceptors (Lipinski definition) is 3. The fraction of sp³-hybridized carbons (Fsp3) is 0.231. The molecule has 0 radical (unpaired) electrons. The normalized spacial score (nSPS) is 11.4. The second kappa shape index (κ2) is 5.72. The number of nitrogens with zero attached hydrogens (tertiary/aromatic N) is 1. The summed E-state index contributed by atoms with van der Waals surface area (Å²) in [7, 11) is 0. The van der Waals surface area contributed by atoms with Gasteiger partial charge in [0.15, 0.2) is 0 Å². The van der Waals surface area contributed by atoms with Gasteiger partial charge in [0, 0.05) is 10.9 Å². The Morgan fingerprint density at radius 1 is 1.43 bits per heavy atom. The molecule has 0 saturated heterocycles. The summed E-state index contributed by atoms with van der Waals surface area (Å²) in [4.78, 5) is 15.0. The van der Waals surface area contributed by atoms with Crippen LogP contribution in [0.4, 0.5) is 23.7 Å². The van der Waals surface area contributed by atoms with Crippen LogP contribution in [0.15, 0.2) is 23.6 Å². The first-order valence-electron chi connectivity index (χ1n) is 5.97. The Morgan fingerprint density at radius 2 is 2.14 bits per heavy atom. The van der Waals surface area contributed by atoms with Crippen molar-refractivity contribution in [2.45, 2.75) is 19.5 Å². The van der Waals surface area contributed by atoms with Crippen LogP contribution in [0, 0.1) is 0 Å². The van der Waals surface area contributed by atoms with E-state index in [9.17, 15) is 18.0 Å². The number of thiazole rings is 1. The van der Waals surface area contributed by atoms with E-state index in [-0.39, 0.29) is 5.69 Å². The highest BCUT2D eigenvalue weighted by Crippen LogP contribution is 2.37. The van der Waals surface area contributed by atoms with Crippen molar-refractivity contribution in [2.75, 3.05) is 5.32 Å². The molecule has 0 saturated carbocycles. The molecule has 1 amide bonds. The summed E-state index contributed by atoms with van der Waals surface area (Å²) in [5.74, 6) is 0. The molecule has 4 nitrogen and oxygen atoms in total. The Hall–Kier alpha value is -2.09. The highest BCUT2D eigenvalue weighted by atomic mass is 32.1. The van der Waals surface area contributed by atoms with Crippen LogP contribution in [0.25, 0.3) is 10.6 Å². The summed E-state index contributed by atoms with van der Waals surface area (Å²) in [6, 6.07) is 2.91. The average Bonchev–Trinajstić information content (AvgIpc) is 2.85. The SMILES string of the molecule is CCc1csc(-c2ccc(C(F)(F)F)cc2NC(=O)O)n1. The van der Waals surface area contributed by atoms with E-state index in [0.29, 0.717) is 17.0 Å². The maximum Gasteiger partial charge on any atom is 0.416 e. The molecule has 0 unspecified atom stereocenters. The largest absolute Gasteiger partial charge is 0.465 e. The van der Waals surface area contributed by atoms with Crippen molar-refractivity contribution < 1.29 is 23.1 Å². The lowest BCUT2D eigenvalue weighted by Gasteiger charge is -2.12. The zero-order valence-corrected chi connectivity index (χ0v) is 11.7. The van der Waals surface area contributed by atoms with Crippen LogP contribution < -0.4 is 5.32 Å². The van der Waals surface area contributed by atoms with Gasteiger partial charge < -0.3 is 5.11 Å². The lowest BCUT2D eigenvalue weighted by molar-refractivity contribution is -0.137. The average molecular weight is 316 g/mol. The first kappa shape index (κ1) is 15.3. The summed E-state index contributed by atoms with van der Waals surface area (Å²) in [5.41, 5.74) is 0.0860. The minimum absolute atomic E-state index is 0.130. The predicted molar refractivity (Wildman–Crippen MR) is 73.6 cm³/mol. The molecule has 2 N–H and O–H groups in total. The van der Waals surface area contributed by atoms with Gasteiger partial charge in [-0.05, 0) is 24.6 Å². The van der Waals surface area contributed by atoms with Crippen LogP contribution in [0.5, 0.6) is 0 Å². The summed E-state index contributed by atoms with van der Waals surface area (Å²) in [6.07, 6.45) is -5.27. The van der Waals surface area contributed by atoms with Crippen LogP contribution in [0.1, 0.15) is 18.2 Å². The van der Waals surface area contributed by atoms with Crippen molar-refractivity contribution in [3.63, 3.8) is 0 Å². The summed E-state index contributed by atoms with van der Waals surface area (Å²) in [5, 5.41) is 13.0. The van der Waals surface area contributed by atoms with Crippen LogP contribution in [0.2, 0.25) is 0 Å². The van der Waals surface area contributed by atoms with Gasteiger partial charge in [-0.1, -0.05) is 6.92 Å². The fourth-order valence-corrected chi connectivity index (χ4v) is 2.66. The van der Waals surface area contributed by atoms with Crippen molar-refractivity contribution >= 4 is 23.1 Å². The predicted octanol–water partition coefficient (Wildman–Crippen LogP) is 4.48. The zero-order valence-electron chi connectivity index (χ0n) is 10.9. The molecule has 0 aliphatic heterocycles. The van der Waals surface area contributed by atoms with Crippen molar-refractivity contribution in [3.8, 4) is 10.6 Å². The molecule has 2 rings (SSSR count). The number of alkyl halides is 3. The molecular formula is C13H11F3N2O2S. The first-order chi connectivity index (χ1) is 9.81. The van der Waals surface area contributed by atoms with E-state index in [1.54, 1.807) is 5.38 Å². The molecular weight excluding hydrogens is 305 g/mol. The Morgan fingerprint density at radius 3 is 2.67 bits per heavy atom. The van der Waals surface area contributed by atoms with Gasteiger partial charge >= 0.3 is 12.3 Å². The number of nitrogens with one attached hydrogen (secondary N) is 1. The third-order valence-electron chi connectivity index (χ3n) is 2.73. The summed E-state index contributed by atoms with van der Waals surface area (Å²) >= 11 is 1.26. The van der Waals surface area contributed by atoms with Gasteiger partial charge in [0.1, 0.15) is 5.01 Å². The molecule has 0 aliphatic carbocycles. The maximum absolute atomic E-state index is 12.7. The zero-order chi connectivity index (χ0) is 15.6. The molecule has 1 heterocycles. The first-order valence-corrected chi connectivity index (χ1v) is 6.85. The van der Waals surface area contributed by atoms with E-state index in [2.05, 4.69) is 4.98 Å². The summed E-state index contributed by atoms with van der Waals surface area (Å²) in [6.45, 7) is 1.90. The quantitative estimate of drug-likeness (QED) is 0.877. The fourth-order valence-electron chi connectivity index (χ4n) is 1.72. The monoisotopic (exact) mass is 316 g/mol. The van der Waals surface area contributed by atoms with Crippen LogP contribution >= 0.6 is 11.3 Å². The summed E-state index contributed by atoms with van der Waals surface area (Å²) < 4.78 is 38.1. The van der Waals surface area contributed by atoms with Crippen molar-refractivity contribution in [2.24, 2.45) is 0 Å². The molecule has 8 heteroatoms. The van der Waals surface area contributed by atoms with Gasteiger partial charge in [0.2, 0.25) is 0 Å². The number of hydrogen-bond donors (Lipinski definition) is 2. The molecule has 0 aliphatic rings. The second-order valence-electron chi connectivity index (χ2n) is 4.19. The number of aromatic nitrogens is 1. The third-order valence-corrected chi connectivity index (χ3v) is 3.66. The molecule has 21 heavy (non-hydrogen) atoms. The van der Waals surface area contributed by atoms with Crippen molar-refractivity contribution in [3.05, 3.63) is 34.8 Å². The van der Waals surface area contributed by atoms with E-state index >= 15 is 0 Å². The van der Waals surface area contributed by atoms with E-state index in [1.807, 2.05) is 12.2 Å². The molecule has 112 valence electrons. The van der Waals surface area contributed by atoms with Gasteiger partial charge in [-0.3, -0.25) is 5.32 Å². The van der Waals surface area contributed by atoms with Crippen LogP contribution in [-0.4, -0.2) is 16.2 Å².